The van der Waals surface area contributed by atoms with Gasteiger partial charge in [-0.3, -0.25) is 4.79 Å². The molecule has 0 aromatic heterocycles. The molecule has 0 N–H and O–H groups in total. The average molecular weight is 326 g/mol. The number of thioether (sulfide) groups is 1. The molecule has 4 rings (SSSR count). The van der Waals surface area contributed by atoms with Gasteiger partial charge in [-0.1, -0.05) is 18.2 Å². The Morgan fingerprint density at radius 2 is 1.91 bits per heavy atom. The van der Waals surface area contributed by atoms with E-state index in [1.807, 2.05) is 23.9 Å². The monoisotopic (exact) mass is 326 g/mol. The summed E-state index contributed by atoms with van der Waals surface area (Å²) in [5.41, 5.74) is 2.69. The molecule has 0 radical (unpaired) electrons. The van der Waals surface area contributed by atoms with Gasteiger partial charge in [-0.05, 0) is 42.5 Å². The number of nitrogens with zero attached hydrogens (tertiary/aromatic N) is 2. The van der Waals surface area contributed by atoms with E-state index in [-0.39, 0.29) is 17.6 Å². The number of fused-ring (bicyclic) bond motifs is 3. The zero-order valence-electron chi connectivity index (χ0n) is 12.4. The SMILES string of the molecule is O=C1CC2CCSc3ccccc3C2=NN1c1ccc(F)cc1. The van der Waals surface area contributed by atoms with Crippen molar-refractivity contribution < 1.29 is 9.18 Å². The molecule has 1 atom stereocenters. The minimum Gasteiger partial charge on any atom is -0.273 e. The van der Waals surface area contributed by atoms with E-state index in [0.29, 0.717) is 12.1 Å². The van der Waals surface area contributed by atoms with Crippen LogP contribution in [0.5, 0.6) is 0 Å². The van der Waals surface area contributed by atoms with Crippen molar-refractivity contribution in [2.45, 2.75) is 17.7 Å². The molecule has 0 aliphatic carbocycles. The van der Waals surface area contributed by atoms with Crippen LogP contribution in [0.15, 0.2) is 58.5 Å². The molecule has 116 valence electrons. The highest BCUT2D eigenvalue weighted by atomic mass is 32.2. The maximum Gasteiger partial charge on any atom is 0.248 e. The third-order valence-corrected chi connectivity index (χ3v) is 5.32. The summed E-state index contributed by atoms with van der Waals surface area (Å²) in [5, 5.41) is 6.07. The van der Waals surface area contributed by atoms with Gasteiger partial charge in [-0.15, -0.1) is 11.8 Å². The number of halogens is 1. The molecule has 2 aliphatic rings. The van der Waals surface area contributed by atoms with E-state index < -0.39 is 0 Å². The topological polar surface area (TPSA) is 32.7 Å². The Hall–Kier alpha value is -2.14. The average Bonchev–Trinajstić information content (AvgIpc) is 2.74. The second-order valence-corrected chi connectivity index (χ2v) is 6.84. The second kappa shape index (κ2) is 5.81. The number of hydrogen-bond acceptors (Lipinski definition) is 3. The van der Waals surface area contributed by atoms with Crippen LogP contribution in [0.3, 0.4) is 0 Å². The van der Waals surface area contributed by atoms with E-state index in [2.05, 4.69) is 17.2 Å². The van der Waals surface area contributed by atoms with Gasteiger partial charge in [-0.2, -0.15) is 5.10 Å². The highest BCUT2D eigenvalue weighted by Crippen LogP contribution is 2.36. The molecule has 1 amide bonds. The molecule has 5 heteroatoms. The molecular weight excluding hydrogens is 311 g/mol. The predicted molar refractivity (Wildman–Crippen MR) is 90.3 cm³/mol. The standard InChI is InChI=1S/C18H15FN2OS/c19-13-5-7-14(8-6-13)21-17(22)11-12-9-10-23-16-4-2-1-3-15(16)18(12)20-21/h1-8,12H,9-11H2. The highest BCUT2D eigenvalue weighted by Gasteiger charge is 2.33. The zero-order valence-corrected chi connectivity index (χ0v) is 13.2. The molecule has 0 bridgehead atoms. The molecule has 2 aromatic rings. The predicted octanol–water partition coefficient (Wildman–Crippen LogP) is 4.08. The van der Waals surface area contributed by atoms with Crippen molar-refractivity contribution in [3.63, 3.8) is 0 Å². The Morgan fingerprint density at radius 1 is 1.13 bits per heavy atom. The first-order valence-electron chi connectivity index (χ1n) is 7.61. The molecule has 3 nitrogen and oxygen atoms in total. The van der Waals surface area contributed by atoms with E-state index in [0.717, 1.165) is 23.4 Å². The highest BCUT2D eigenvalue weighted by molar-refractivity contribution is 7.99. The van der Waals surface area contributed by atoms with E-state index in [1.165, 1.54) is 22.0 Å². The molecule has 1 unspecified atom stereocenters. The molecule has 0 saturated heterocycles. The van der Waals surface area contributed by atoms with Gasteiger partial charge in [0.2, 0.25) is 5.91 Å². The fourth-order valence-corrected chi connectivity index (χ4v) is 4.18. The number of rotatable bonds is 1. The van der Waals surface area contributed by atoms with Crippen LogP contribution in [0.4, 0.5) is 10.1 Å². The molecule has 23 heavy (non-hydrogen) atoms. The van der Waals surface area contributed by atoms with Gasteiger partial charge < -0.3 is 0 Å². The van der Waals surface area contributed by atoms with Crippen LogP contribution in [0.25, 0.3) is 0 Å². The van der Waals surface area contributed by atoms with E-state index >= 15 is 0 Å². The van der Waals surface area contributed by atoms with Crippen molar-refractivity contribution in [1.29, 1.82) is 0 Å². The number of anilines is 1. The van der Waals surface area contributed by atoms with Crippen molar-refractivity contribution in [1.82, 2.24) is 0 Å². The van der Waals surface area contributed by atoms with Crippen LogP contribution in [0.1, 0.15) is 18.4 Å². The number of hydrogen-bond donors (Lipinski definition) is 0. The first-order valence-corrected chi connectivity index (χ1v) is 8.60. The fourth-order valence-electron chi connectivity index (χ4n) is 3.05. The normalized spacial score (nSPS) is 20.4. The van der Waals surface area contributed by atoms with Gasteiger partial charge in [0.25, 0.3) is 0 Å². The number of carbonyl (C=O) groups excluding carboxylic acids is 1. The van der Waals surface area contributed by atoms with Crippen LogP contribution in [0.2, 0.25) is 0 Å². The van der Waals surface area contributed by atoms with Crippen LogP contribution < -0.4 is 5.01 Å². The lowest BCUT2D eigenvalue weighted by Crippen LogP contribution is -2.37. The Bertz CT molecular complexity index is 788. The summed E-state index contributed by atoms with van der Waals surface area (Å²) < 4.78 is 13.1. The molecule has 2 aromatic carbocycles. The summed E-state index contributed by atoms with van der Waals surface area (Å²) in [4.78, 5) is 13.7. The maximum absolute atomic E-state index is 13.1. The van der Waals surface area contributed by atoms with E-state index in [1.54, 1.807) is 12.1 Å². The minimum absolute atomic E-state index is 0.0326. The van der Waals surface area contributed by atoms with Gasteiger partial charge in [-0.25, -0.2) is 9.40 Å². The van der Waals surface area contributed by atoms with E-state index in [9.17, 15) is 9.18 Å². The van der Waals surface area contributed by atoms with Gasteiger partial charge in [0.05, 0.1) is 11.4 Å². The summed E-state index contributed by atoms with van der Waals surface area (Å²) >= 11 is 1.82. The van der Waals surface area contributed by atoms with Crippen LogP contribution in [-0.2, 0) is 4.79 Å². The zero-order chi connectivity index (χ0) is 15.8. The smallest absolute Gasteiger partial charge is 0.248 e. The summed E-state index contributed by atoms with van der Waals surface area (Å²) in [7, 11) is 0. The Kier molecular flexibility index (Phi) is 3.65. The lowest BCUT2D eigenvalue weighted by Gasteiger charge is -2.28. The van der Waals surface area contributed by atoms with Gasteiger partial charge >= 0.3 is 0 Å². The summed E-state index contributed by atoms with van der Waals surface area (Å²) in [6, 6.07) is 14.1. The second-order valence-electron chi connectivity index (χ2n) is 5.70. The Labute approximate surface area is 138 Å². The van der Waals surface area contributed by atoms with Crippen LogP contribution >= 0.6 is 11.8 Å². The van der Waals surface area contributed by atoms with Gasteiger partial charge in [0, 0.05) is 22.8 Å². The molecule has 2 heterocycles. The third kappa shape index (κ3) is 2.65. The van der Waals surface area contributed by atoms with Crippen molar-refractivity contribution in [3.05, 3.63) is 59.9 Å². The lowest BCUT2D eigenvalue weighted by atomic mass is 9.90. The summed E-state index contributed by atoms with van der Waals surface area (Å²) in [5.74, 6) is 0.801. The van der Waals surface area contributed by atoms with Gasteiger partial charge in [0.1, 0.15) is 5.82 Å². The number of amides is 1. The summed E-state index contributed by atoms with van der Waals surface area (Å²) in [6.07, 6.45) is 1.40. The quantitative estimate of drug-likeness (QED) is 0.791. The summed E-state index contributed by atoms with van der Waals surface area (Å²) in [6.45, 7) is 0. The molecule has 2 aliphatic heterocycles. The van der Waals surface area contributed by atoms with Crippen molar-refractivity contribution in [3.8, 4) is 0 Å². The number of hydrazone groups is 1. The van der Waals surface area contributed by atoms with E-state index in [4.69, 9.17) is 0 Å². The maximum atomic E-state index is 13.1. The molecule has 0 fully saturated rings. The minimum atomic E-state index is -0.319. The first-order chi connectivity index (χ1) is 11.2. The van der Waals surface area contributed by atoms with Crippen LogP contribution in [-0.4, -0.2) is 17.4 Å². The Balaban J connectivity index is 1.81. The first kappa shape index (κ1) is 14.5. The number of carbonyl (C=O) groups is 1. The Morgan fingerprint density at radius 3 is 2.74 bits per heavy atom. The van der Waals surface area contributed by atoms with Gasteiger partial charge in [0.15, 0.2) is 0 Å². The van der Waals surface area contributed by atoms with Crippen LogP contribution in [0, 0.1) is 11.7 Å². The number of benzene rings is 2. The largest absolute Gasteiger partial charge is 0.273 e. The van der Waals surface area contributed by atoms with Crippen molar-refractivity contribution in [2.24, 2.45) is 11.0 Å². The lowest BCUT2D eigenvalue weighted by molar-refractivity contribution is -0.119. The molecule has 0 spiro atoms. The third-order valence-electron chi connectivity index (χ3n) is 4.21. The molecule has 0 saturated carbocycles. The molecular formula is C18H15FN2OS. The van der Waals surface area contributed by atoms with Crippen molar-refractivity contribution in [2.75, 3.05) is 10.8 Å². The fraction of sp³-hybridized carbons (Fsp3) is 0.222. The van der Waals surface area contributed by atoms with Crippen molar-refractivity contribution >= 4 is 29.1 Å².